The maximum absolute atomic E-state index is 10.8. The van der Waals surface area contributed by atoms with Gasteiger partial charge in [0.1, 0.15) is 5.69 Å². The molecule has 0 atom stereocenters. The van der Waals surface area contributed by atoms with Crippen LogP contribution in [-0.2, 0) is 6.54 Å². The molecule has 0 heterocycles. The molecule has 0 aliphatic heterocycles. The lowest BCUT2D eigenvalue weighted by atomic mass is 10.1. The average molecular weight is 249 g/mol. The van der Waals surface area contributed by atoms with Crippen molar-refractivity contribution in [2.24, 2.45) is 5.84 Å². The van der Waals surface area contributed by atoms with Crippen molar-refractivity contribution in [1.29, 1.82) is 5.26 Å². The first-order valence-corrected chi connectivity index (χ1v) is 5.38. The smallest absolute Gasteiger partial charge is 0.293 e. The van der Waals surface area contributed by atoms with Crippen LogP contribution in [0.1, 0.15) is 12.0 Å². The number of hydrogen-bond donors (Lipinski definition) is 2. The van der Waals surface area contributed by atoms with Gasteiger partial charge in [-0.1, -0.05) is 6.07 Å². The van der Waals surface area contributed by atoms with Crippen molar-refractivity contribution in [3.63, 3.8) is 0 Å². The van der Waals surface area contributed by atoms with Crippen LogP contribution in [0.5, 0.6) is 0 Å². The van der Waals surface area contributed by atoms with Gasteiger partial charge in [0.2, 0.25) is 0 Å². The van der Waals surface area contributed by atoms with E-state index in [1.54, 1.807) is 12.1 Å². The van der Waals surface area contributed by atoms with E-state index in [2.05, 4.69) is 11.5 Å². The standard InChI is InChI=1S/C11H15N5O2/c1-15(6-2-5-12)8-9-3-4-10(14-13)11(7-9)16(17)18/h3-4,7,14H,2,6,8,13H2,1H3. The zero-order valence-electron chi connectivity index (χ0n) is 10.1. The van der Waals surface area contributed by atoms with E-state index in [1.807, 2.05) is 11.9 Å². The summed E-state index contributed by atoms with van der Waals surface area (Å²) in [5, 5.41) is 19.3. The molecule has 96 valence electrons. The number of nitro groups is 1. The van der Waals surface area contributed by atoms with Gasteiger partial charge >= 0.3 is 0 Å². The molecule has 18 heavy (non-hydrogen) atoms. The number of nitrogens with zero attached hydrogens (tertiary/aromatic N) is 3. The second-order valence-electron chi connectivity index (χ2n) is 3.90. The number of benzene rings is 1. The molecule has 1 aromatic rings. The number of anilines is 1. The number of nitrogens with one attached hydrogen (secondary N) is 1. The monoisotopic (exact) mass is 249 g/mol. The minimum atomic E-state index is -0.478. The fourth-order valence-corrected chi connectivity index (χ4v) is 1.58. The molecule has 1 aromatic carbocycles. The number of rotatable bonds is 6. The van der Waals surface area contributed by atoms with E-state index in [4.69, 9.17) is 11.1 Å². The van der Waals surface area contributed by atoms with E-state index in [-0.39, 0.29) is 11.4 Å². The van der Waals surface area contributed by atoms with Crippen LogP contribution >= 0.6 is 0 Å². The molecule has 0 aromatic heterocycles. The van der Waals surface area contributed by atoms with Crippen molar-refractivity contribution in [1.82, 2.24) is 4.90 Å². The predicted molar refractivity (Wildman–Crippen MR) is 67.5 cm³/mol. The van der Waals surface area contributed by atoms with E-state index in [0.717, 1.165) is 5.56 Å². The summed E-state index contributed by atoms with van der Waals surface area (Å²) in [5.74, 6) is 5.20. The van der Waals surface area contributed by atoms with Crippen molar-refractivity contribution < 1.29 is 4.92 Å². The normalized spacial score (nSPS) is 10.1. The highest BCUT2D eigenvalue weighted by molar-refractivity contribution is 5.61. The Bertz CT molecular complexity index is 469. The highest BCUT2D eigenvalue weighted by Crippen LogP contribution is 2.25. The number of nitrogens with two attached hydrogens (primary N) is 1. The van der Waals surface area contributed by atoms with Crippen LogP contribution in [0.15, 0.2) is 18.2 Å². The van der Waals surface area contributed by atoms with E-state index in [1.165, 1.54) is 6.07 Å². The molecule has 0 amide bonds. The fourth-order valence-electron chi connectivity index (χ4n) is 1.58. The molecule has 0 saturated heterocycles. The van der Waals surface area contributed by atoms with Crippen LogP contribution in [0.3, 0.4) is 0 Å². The summed E-state index contributed by atoms with van der Waals surface area (Å²) >= 11 is 0. The molecule has 0 spiro atoms. The van der Waals surface area contributed by atoms with Gasteiger partial charge in [-0.15, -0.1) is 0 Å². The summed E-state index contributed by atoms with van der Waals surface area (Å²) in [6.45, 7) is 1.18. The van der Waals surface area contributed by atoms with E-state index >= 15 is 0 Å². The van der Waals surface area contributed by atoms with Crippen LogP contribution in [0.2, 0.25) is 0 Å². The lowest BCUT2D eigenvalue weighted by Crippen LogP contribution is -2.19. The van der Waals surface area contributed by atoms with Crippen LogP contribution in [0, 0.1) is 21.4 Å². The Morgan fingerprint density at radius 1 is 1.61 bits per heavy atom. The van der Waals surface area contributed by atoms with Crippen LogP contribution in [0.25, 0.3) is 0 Å². The SMILES string of the molecule is CN(CCC#N)Cc1ccc(NN)c([N+](=O)[O-])c1. The van der Waals surface area contributed by atoms with Crippen molar-refractivity contribution in [2.45, 2.75) is 13.0 Å². The van der Waals surface area contributed by atoms with Crippen LogP contribution in [-0.4, -0.2) is 23.4 Å². The van der Waals surface area contributed by atoms with E-state index in [0.29, 0.717) is 19.5 Å². The Labute approximate surface area is 105 Å². The van der Waals surface area contributed by atoms with Crippen molar-refractivity contribution in [2.75, 3.05) is 19.0 Å². The lowest BCUT2D eigenvalue weighted by molar-refractivity contribution is -0.384. The van der Waals surface area contributed by atoms with Crippen molar-refractivity contribution in [3.8, 4) is 6.07 Å². The van der Waals surface area contributed by atoms with E-state index in [9.17, 15) is 10.1 Å². The molecule has 0 unspecified atom stereocenters. The summed E-state index contributed by atoms with van der Waals surface area (Å²) in [6, 6.07) is 6.88. The Kier molecular flexibility index (Phi) is 5.05. The van der Waals surface area contributed by atoms with Gasteiger partial charge < -0.3 is 10.3 Å². The van der Waals surface area contributed by atoms with Gasteiger partial charge in [0.25, 0.3) is 5.69 Å². The third kappa shape index (κ3) is 3.69. The highest BCUT2D eigenvalue weighted by Gasteiger charge is 2.14. The third-order valence-electron chi connectivity index (χ3n) is 2.47. The van der Waals surface area contributed by atoms with Crippen molar-refractivity contribution in [3.05, 3.63) is 33.9 Å². The molecule has 0 aliphatic rings. The quantitative estimate of drug-likeness (QED) is 0.446. The third-order valence-corrected chi connectivity index (χ3v) is 2.47. The molecule has 7 heteroatoms. The van der Waals surface area contributed by atoms with Crippen LogP contribution < -0.4 is 11.3 Å². The zero-order valence-corrected chi connectivity index (χ0v) is 10.1. The van der Waals surface area contributed by atoms with Gasteiger partial charge in [-0.2, -0.15) is 5.26 Å². The van der Waals surface area contributed by atoms with Gasteiger partial charge in [0, 0.05) is 25.6 Å². The second kappa shape index (κ2) is 6.54. The maximum Gasteiger partial charge on any atom is 0.293 e. The first-order valence-electron chi connectivity index (χ1n) is 5.38. The maximum atomic E-state index is 10.8. The minimum Gasteiger partial charge on any atom is -0.318 e. The minimum absolute atomic E-state index is 0.0521. The molecule has 0 fully saturated rings. The Hall–Kier alpha value is -2.17. The Balaban J connectivity index is 2.82. The molecular weight excluding hydrogens is 234 g/mol. The summed E-state index contributed by atoms with van der Waals surface area (Å²) in [6.07, 6.45) is 0.432. The average Bonchev–Trinajstić information content (AvgIpc) is 2.36. The Morgan fingerprint density at radius 3 is 2.89 bits per heavy atom. The summed E-state index contributed by atoms with van der Waals surface area (Å²) < 4.78 is 0. The fraction of sp³-hybridized carbons (Fsp3) is 0.364. The van der Waals surface area contributed by atoms with E-state index < -0.39 is 4.92 Å². The first kappa shape index (κ1) is 13.9. The number of nitro benzene ring substituents is 1. The molecular formula is C11H15N5O2. The molecule has 0 bridgehead atoms. The lowest BCUT2D eigenvalue weighted by Gasteiger charge is -2.15. The number of hydrazine groups is 1. The summed E-state index contributed by atoms with van der Waals surface area (Å²) in [4.78, 5) is 12.3. The van der Waals surface area contributed by atoms with Gasteiger partial charge in [0.15, 0.2) is 0 Å². The largest absolute Gasteiger partial charge is 0.318 e. The molecule has 7 nitrogen and oxygen atoms in total. The summed E-state index contributed by atoms with van der Waals surface area (Å²) in [7, 11) is 1.86. The van der Waals surface area contributed by atoms with Gasteiger partial charge in [-0.05, 0) is 18.7 Å². The predicted octanol–water partition coefficient (Wildman–Crippen LogP) is 1.23. The second-order valence-corrected chi connectivity index (χ2v) is 3.90. The van der Waals surface area contributed by atoms with Crippen molar-refractivity contribution >= 4 is 11.4 Å². The van der Waals surface area contributed by atoms with Gasteiger partial charge in [-0.3, -0.25) is 16.0 Å². The highest BCUT2D eigenvalue weighted by atomic mass is 16.6. The number of hydrogen-bond acceptors (Lipinski definition) is 6. The zero-order chi connectivity index (χ0) is 13.5. The molecule has 1 rings (SSSR count). The Morgan fingerprint density at radius 2 is 2.33 bits per heavy atom. The number of nitriles is 1. The van der Waals surface area contributed by atoms with Gasteiger partial charge in [-0.25, -0.2) is 0 Å². The molecule has 0 radical (unpaired) electrons. The number of nitrogen functional groups attached to an aromatic ring is 1. The molecule has 3 N–H and O–H groups in total. The summed E-state index contributed by atoms with van der Waals surface area (Å²) in [5.41, 5.74) is 3.33. The topological polar surface area (TPSA) is 108 Å². The molecule has 0 saturated carbocycles. The van der Waals surface area contributed by atoms with Gasteiger partial charge in [0.05, 0.1) is 11.0 Å². The molecule has 0 aliphatic carbocycles. The first-order chi connectivity index (χ1) is 8.58. The van der Waals surface area contributed by atoms with Crippen LogP contribution in [0.4, 0.5) is 11.4 Å².